The van der Waals surface area contributed by atoms with Crippen molar-refractivity contribution in [1.29, 1.82) is 0 Å². The summed E-state index contributed by atoms with van der Waals surface area (Å²) in [5.74, 6) is 0.672. The van der Waals surface area contributed by atoms with Gasteiger partial charge in [-0.15, -0.1) is 0 Å². The summed E-state index contributed by atoms with van der Waals surface area (Å²) in [6.07, 6.45) is 0. The highest BCUT2D eigenvalue weighted by Gasteiger charge is 2.11. The number of rotatable bonds is 2. The standard InChI is InChI=1S/C16H9Cl3N4/c17-9-3-1-8(2-4-9)12-7-15(23-22-12)16-20-13-5-10(18)11(19)6-14(13)21-16/h1-7H,(H,20,21)(H,22,23). The maximum absolute atomic E-state index is 6.03. The molecule has 0 radical (unpaired) electrons. The van der Waals surface area contributed by atoms with E-state index in [0.29, 0.717) is 20.9 Å². The van der Waals surface area contributed by atoms with E-state index in [4.69, 9.17) is 34.8 Å². The molecular weight excluding hydrogens is 355 g/mol. The topological polar surface area (TPSA) is 57.4 Å². The highest BCUT2D eigenvalue weighted by atomic mass is 35.5. The lowest BCUT2D eigenvalue weighted by molar-refractivity contribution is 1.09. The molecule has 4 aromatic rings. The highest BCUT2D eigenvalue weighted by Crippen LogP contribution is 2.29. The van der Waals surface area contributed by atoms with Crippen LogP contribution >= 0.6 is 34.8 Å². The third-order valence-electron chi connectivity index (χ3n) is 3.50. The number of nitrogens with one attached hydrogen (secondary N) is 2. The zero-order chi connectivity index (χ0) is 16.0. The van der Waals surface area contributed by atoms with Crippen LogP contribution < -0.4 is 0 Å². The lowest BCUT2D eigenvalue weighted by Crippen LogP contribution is -1.79. The molecule has 4 rings (SSSR count). The number of fused-ring (bicyclic) bond motifs is 1. The van der Waals surface area contributed by atoms with Crippen molar-refractivity contribution in [2.75, 3.05) is 0 Å². The molecule has 0 aliphatic rings. The third kappa shape index (κ3) is 2.70. The van der Waals surface area contributed by atoms with Crippen molar-refractivity contribution in [3.63, 3.8) is 0 Å². The van der Waals surface area contributed by atoms with E-state index in [1.165, 1.54) is 0 Å². The quantitative estimate of drug-likeness (QED) is 0.488. The fourth-order valence-electron chi connectivity index (χ4n) is 2.34. The second kappa shape index (κ2) is 5.57. The number of halogens is 3. The Kier molecular flexibility index (Phi) is 3.53. The fourth-order valence-corrected chi connectivity index (χ4v) is 2.79. The second-order valence-electron chi connectivity index (χ2n) is 5.04. The monoisotopic (exact) mass is 362 g/mol. The molecule has 114 valence electrons. The molecule has 7 heteroatoms. The number of aromatic nitrogens is 4. The van der Waals surface area contributed by atoms with Crippen LogP contribution in [0.2, 0.25) is 15.1 Å². The van der Waals surface area contributed by atoms with Crippen molar-refractivity contribution in [2.45, 2.75) is 0 Å². The third-order valence-corrected chi connectivity index (χ3v) is 4.47. The van der Waals surface area contributed by atoms with Gasteiger partial charge in [-0.25, -0.2) is 4.98 Å². The minimum absolute atomic E-state index is 0.476. The van der Waals surface area contributed by atoms with Crippen LogP contribution in [0.5, 0.6) is 0 Å². The van der Waals surface area contributed by atoms with Crippen molar-refractivity contribution >= 4 is 45.8 Å². The maximum Gasteiger partial charge on any atom is 0.156 e. The van der Waals surface area contributed by atoms with Crippen molar-refractivity contribution in [2.24, 2.45) is 0 Å². The van der Waals surface area contributed by atoms with Gasteiger partial charge in [0.25, 0.3) is 0 Å². The van der Waals surface area contributed by atoms with E-state index in [1.807, 2.05) is 30.3 Å². The van der Waals surface area contributed by atoms with E-state index in [1.54, 1.807) is 12.1 Å². The number of hydrogen-bond acceptors (Lipinski definition) is 2. The van der Waals surface area contributed by atoms with Gasteiger partial charge in [0, 0.05) is 10.6 Å². The Bertz CT molecular complexity index is 963. The molecule has 0 saturated carbocycles. The lowest BCUT2D eigenvalue weighted by atomic mass is 10.1. The van der Waals surface area contributed by atoms with Gasteiger partial charge in [0.1, 0.15) is 5.69 Å². The minimum Gasteiger partial charge on any atom is -0.337 e. The molecule has 2 aromatic heterocycles. The smallest absolute Gasteiger partial charge is 0.156 e. The van der Waals surface area contributed by atoms with Gasteiger partial charge in [0.05, 0.1) is 26.8 Å². The molecule has 0 amide bonds. The summed E-state index contributed by atoms with van der Waals surface area (Å²) in [6, 6.07) is 12.9. The Balaban J connectivity index is 1.75. The zero-order valence-electron chi connectivity index (χ0n) is 11.6. The molecule has 2 heterocycles. The van der Waals surface area contributed by atoms with E-state index in [9.17, 15) is 0 Å². The Labute approximate surface area is 146 Å². The Morgan fingerprint density at radius 3 is 2.39 bits per heavy atom. The van der Waals surface area contributed by atoms with Crippen LogP contribution in [-0.2, 0) is 0 Å². The lowest BCUT2D eigenvalue weighted by Gasteiger charge is -1.94. The molecule has 0 aliphatic carbocycles. The Morgan fingerprint density at radius 2 is 1.61 bits per heavy atom. The summed E-state index contributed by atoms with van der Waals surface area (Å²) in [4.78, 5) is 7.72. The first-order valence-corrected chi connectivity index (χ1v) is 7.90. The molecule has 0 atom stereocenters. The van der Waals surface area contributed by atoms with Gasteiger partial charge in [-0.3, -0.25) is 5.10 Å². The largest absolute Gasteiger partial charge is 0.337 e. The van der Waals surface area contributed by atoms with Crippen molar-refractivity contribution in [3.05, 3.63) is 57.5 Å². The van der Waals surface area contributed by atoms with Crippen molar-refractivity contribution in [3.8, 4) is 22.8 Å². The van der Waals surface area contributed by atoms with E-state index in [0.717, 1.165) is 28.0 Å². The van der Waals surface area contributed by atoms with E-state index >= 15 is 0 Å². The molecule has 23 heavy (non-hydrogen) atoms. The Morgan fingerprint density at radius 1 is 0.870 bits per heavy atom. The number of H-pyrrole nitrogens is 2. The Hall–Kier alpha value is -2.01. The number of benzene rings is 2. The summed E-state index contributed by atoms with van der Waals surface area (Å²) >= 11 is 18.0. The summed E-state index contributed by atoms with van der Waals surface area (Å²) < 4.78 is 0. The first-order valence-electron chi connectivity index (χ1n) is 6.76. The first kappa shape index (κ1) is 14.6. The summed E-state index contributed by atoms with van der Waals surface area (Å²) in [5.41, 5.74) is 4.12. The average molecular weight is 364 g/mol. The second-order valence-corrected chi connectivity index (χ2v) is 6.29. The number of aromatic amines is 2. The zero-order valence-corrected chi connectivity index (χ0v) is 13.8. The summed E-state index contributed by atoms with van der Waals surface area (Å²) in [6.45, 7) is 0. The normalized spacial score (nSPS) is 11.3. The predicted molar refractivity (Wildman–Crippen MR) is 94.1 cm³/mol. The van der Waals surface area contributed by atoms with E-state index < -0.39 is 0 Å². The molecular formula is C16H9Cl3N4. The van der Waals surface area contributed by atoms with Crippen LogP contribution in [0.15, 0.2) is 42.5 Å². The number of hydrogen-bond donors (Lipinski definition) is 2. The molecule has 2 N–H and O–H groups in total. The van der Waals surface area contributed by atoms with Crippen LogP contribution in [0.1, 0.15) is 0 Å². The van der Waals surface area contributed by atoms with Crippen LogP contribution in [0.4, 0.5) is 0 Å². The molecule has 0 saturated heterocycles. The molecule has 0 aliphatic heterocycles. The van der Waals surface area contributed by atoms with Crippen LogP contribution in [0.25, 0.3) is 33.8 Å². The van der Waals surface area contributed by atoms with E-state index in [2.05, 4.69) is 20.2 Å². The highest BCUT2D eigenvalue weighted by molar-refractivity contribution is 6.42. The van der Waals surface area contributed by atoms with Gasteiger partial charge in [-0.1, -0.05) is 46.9 Å². The van der Waals surface area contributed by atoms with Gasteiger partial charge in [-0.2, -0.15) is 5.10 Å². The summed E-state index contributed by atoms with van der Waals surface area (Å²) in [5, 5.41) is 8.95. The molecule has 0 spiro atoms. The van der Waals surface area contributed by atoms with Crippen LogP contribution in [-0.4, -0.2) is 20.2 Å². The number of imidazole rings is 1. The average Bonchev–Trinajstić information content (AvgIpc) is 3.15. The van der Waals surface area contributed by atoms with Gasteiger partial charge in [0.15, 0.2) is 5.82 Å². The molecule has 0 unspecified atom stereocenters. The molecule has 0 bridgehead atoms. The van der Waals surface area contributed by atoms with Gasteiger partial charge in [0.2, 0.25) is 0 Å². The molecule has 2 aromatic carbocycles. The SMILES string of the molecule is Clc1ccc(-c2cc(-c3nc4cc(Cl)c(Cl)cc4[nH]3)[nH]n2)cc1. The van der Waals surface area contributed by atoms with Crippen molar-refractivity contribution in [1.82, 2.24) is 20.2 Å². The number of nitrogens with zero attached hydrogens (tertiary/aromatic N) is 2. The van der Waals surface area contributed by atoms with Crippen molar-refractivity contribution < 1.29 is 0 Å². The molecule has 4 nitrogen and oxygen atoms in total. The van der Waals surface area contributed by atoms with E-state index in [-0.39, 0.29) is 0 Å². The first-order chi connectivity index (χ1) is 11.1. The fraction of sp³-hybridized carbons (Fsp3) is 0. The van der Waals surface area contributed by atoms with Gasteiger partial charge in [-0.05, 0) is 30.3 Å². The minimum atomic E-state index is 0.476. The van der Waals surface area contributed by atoms with Crippen LogP contribution in [0.3, 0.4) is 0 Å². The van der Waals surface area contributed by atoms with Gasteiger partial charge < -0.3 is 4.98 Å². The predicted octanol–water partition coefficient (Wildman–Crippen LogP) is 5.58. The molecule has 0 fully saturated rings. The van der Waals surface area contributed by atoms with Gasteiger partial charge >= 0.3 is 0 Å². The summed E-state index contributed by atoms with van der Waals surface area (Å²) in [7, 11) is 0. The van der Waals surface area contributed by atoms with Crippen LogP contribution in [0, 0.1) is 0 Å². The maximum atomic E-state index is 6.03.